The van der Waals surface area contributed by atoms with Gasteiger partial charge in [0.2, 0.25) is 0 Å². The van der Waals surface area contributed by atoms with Crippen LogP contribution < -0.4 is 4.87 Å². The third-order valence-electron chi connectivity index (χ3n) is 2.28. The fourth-order valence-corrected chi connectivity index (χ4v) is 2.45. The molecule has 16 heavy (non-hydrogen) atoms. The van der Waals surface area contributed by atoms with E-state index in [2.05, 4.69) is 11.1 Å². The molecule has 2 aromatic heterocycles. The van der Waals surface area contributed by atoms with E-state index in [0.29, 0.717) is 5.82 Å². The van der Waals surface area contributed by atoms with Gasteiger partial charge in [0.05, 0.1) is 10.2 Å². The van der Waals surface area contributed by atoms with Crippen molar-refractivity contribution in [1.29, 1.82) is 0 Å². The average molecular weight is 227 g/mol. The van der Waals surface area contributed by atoms with E-state index in [1.54, 1.807) is 16.8 Å². The van der Waals surface area contributed by atoms with E-state index in [9.17, 15) is 4.79 Å². The first-order valence-corrected chi connectivity index (χ1v) is 5.61. The molecular formula is C12H7N2OS. The van der Waals surface area contributed by atoms with Gasteiger partial charge in [-0.2, -0.15) is 0 Å². The molecule has 3 rings (SSSR count). The first-order valence-electron chi connectivity index (χ1n) is 4.80. The molecule has 0 bridgehead atoms. The molecule has 0 amide bonds. The second-order valence-corrected chi connectivity index (χ2v) is 4.27. The molecule has 0 saturated carbocycles. The van der Waals surface area contributed by atoms with Crippen LogP contribution in [0.15, 0.2) is 47.4 Å². The molecule has 0 N–H and O–H groups in total. The number of aromatic nitrogens is 2. The lowest BCUT2D eigenvalue weighted by Gasteiger charge is -2.00. The lowest BCUT2D eigenvalue weighted by atomic mass is 10.3. The second-order valence-electron chi connectivity index (χ2n) is 3.27. The van der Waals surface area contributed by atoms with Gasteiger partial charge in [-0.05, 0) is 18.2 Å². The van der Waals surface area contributed by atoms with Gasteiger partial charge in [0.1, 0.15) is 5.82 Å². The molecule has 4 heteroatoms. The standard InChI is InChI=1S/C12H7N2OS/c15-12-14(11-7-3-4-8-13-11)9-5-1-2-6-10(9)16-12/h1-4,6-8H. The fourth-order valence-electron chi connectivity index (χ4n) is 1.59. The van der Waals surface area contributed by atoms with Crippen LogP contribution in [0.1, 0.15) is 0 Å². The summed E-state index contributed by atoms with van der Waals surface area (Å²) in [7, 11) is 0. The summed E-state index contributed by atoms with van der Waals surface area (Å²) in [5.74, 6) is 0.640. The highest BCUT2D eigenvalue weighted by Crippen LogP contribution is 2.18. The maximum atomic E-state index is 11.9. The second kappa shape index (κ2) is 3.57. The van der Waals surface area contributed by atoms with Gasteiger partial charge in [-0.25, -0.2) is 4.98 Å². The van der Waals surface area contributed by atoms with Gasteiger partial charge in [-0.15, -0.1) is 0 Å². The summed E-state index contributed by atoms with van der Waals surface area (Å²) in [5, 5.41) is 0. The van der Waals surface area contributed by atoms with Gasteiger partial charge < -0.3 is 0 Å². The molecule has 2 heterocycles. The highest BCUT2D eigenvalue weighted by molar-refractivity contribution is 7.16. The minimum Gasteiger partial charge on any atom is -0.256 e. The smallest absolute Gasteiger partial charge is 0.256 e. The predicted octanol–water partition coefficient (Wildman–Crippen LogP) is 2.25. The van der Waals surface area contributed by atoms with E-state index in [4.69, 9.17) is 0 Å². The Morgan fingerprint density at radius 1 is 1.25 bits per heavy atom. The summed E-state index contributed by atoms with van der Waals surface area (Å²) in [6.45, 7) is 0. The molecule has 3 aromatic rings. The van der Waals surface area contributed by atoms with Crippen molar-refractivity contribution >= 4 is 21.6 Å². The van der Waals surface area contributed by atoms with Crippen LogP contribution in [0.4, 0.5) is 0 Å². The first kappa shape index (κ1) is 9.30. The van der Waals surface area contributed by atoms with E-state index >= 15 is 0 Å². The molecule has 1 aromatic carbocycles. The van der Waals surface area contributed by atoms with E-state index < -0.39 is 0 Å². The van der Waals surface area contributed by atoms with Gasteiger partial charge in [0.25, 0.3) is 0 Å². The van der Waals surface area contributed by atoms with Gasteiger partial charge in [-0.3, -0.25) is 9.36 Å². The largest absolute Gasteiger partial charge is 0.313 e. The normalized spacial score (nSPS) is 10.8. The molecule has 77 valence electrons. The van der Waals surface area contributed by atoms with Crippen molar-refractivity contribution in [3.05, 3.63) is 58.3 Å². The Hall–Kier alpha value is -1.94. The van der Waals surface area contributed by atoms with Crippen LogP contribution in [-0.4, -0.2) is 9.55 Å². The number of fused-ring (bicyclic) bond motifs is 1. The quantitative estimate of drug-likeness (QED) is 0.639. The van der Waals surface area contributed by atoms with Crippen molar-refractivity contribution in [1.82, 2.24) is 9.55 Å². The molecule has 0 saturated heterocycles. The molecule has 0 aliphatic rings. The SMILES string of the molecule is O=c1sc2ccc[c]c2n1-c1ccccn1. The zero-order valence-electron chi connectivity index (χ0n) is 8.25. The lowest BCUT2D eigenvalue weighted by molar-refractivity contribution is 1.02. The zero-order chi connectivity index (χ0) is 11.0. The van der Waals surface area contributed by atoms with Crippen molar-refractivity contribution in [3.8, 4) is 5.82 Å². The molecule has 0 unspecified atom stereocenters. The Morgan fingerprint density at radius 3 is 3.00 bits per heavy atom. The molecule has 0 aliphatic heterocycles. The number of hydrogen-bond acceptors (Lipinski definition) is 3. The predicted molar refractivity (Wildman–Crippen MR) is 64.1 cm³/mol. The fraction of sp³-hybridized carbons (Fsp3) is 0. The molecule has 1 radical (unpaired) electrons. The first-order chi connectivity index (χ1) is 7.86. The number of rotatable bonds is 1. The lowest BCUT2D eigenvalue weighted by Crippen LogP contribution is -2.11. The maximum absolute atomic E-state index is 11.9. The van der Waals surface area contributed by atoms with Crippen LogP contribution in [0, 0.1) is 6.07 Å². The van der Waals surface area contributed by atoms with Gasteiger partial charge in [0, 0.05) is 12.3 Å². The molecular weight excluding hydrogens is 220 g/mol. The summed E-state index contributed by atoms with van der Waals surface area (Å²) < 4.78 is 2.51. The number of para-hydroxylation sites is 1. The van der Waals surface area contributed by atoms with Crippen LogP contribution >= 0.6 is 11.3 Å². The van der Waals surface area contributed by atoms with Crippen molar-refractivity contribution in [2.45, 2.75) is 0 Å². The zero-order valence-corrected chi connectivity index (χ0v) is 9.07. The Labute approximate surface area is 95.6 Å². The molecule has 0 spiro atoms. The monoisotopic (exact) mass is 227 g/mol. The van der Waals surface area contributed by atoms with Gasteiger partial charge >= 0.3 is 4.87 Å². The third-order valence-corrected chi connectivity index (χ3v) is 3.19. The van der Waals surface area contributed by atoms with E-state index in [0.717, 1.165) is 10.2 Å². The summed E-state index contributed by atoms with van der Waals surface area (Å²) in [4.78, 5) is 16.0. The minimum absolute atomic E-state index is 0.0313. The molecule has 0 aliphatic carbocycles. The van der Waals surface area contributed by atoms with Crippen LogP contribution in [0.5, 0.6) is 0 Å². The van der Waals surface area contributed by atoms with Crippen molar-refractivity contribution in [2.24, 2.45) is 0 Å². The summed E-state index contributed by atoms with van der Waals surface area (Å²) in [6.07, 6.45) is 1.67. The number of hydrogen-bond donors (Lipinski definition) is 0. The topological polar surface area (TPSA) is 34.9 Å². The Kier molecular flexibility index (Phi) is 2.08. The Balaban J connectivity index is 2.40. The van der Waals surface area contributed by atoms with E-state index in [1.807, 2.05) is 30.3 Å². The maximum Gasteiger partial charge on any atom is 0.313 e. The minimum atomic E-state index is -0.0313. The summed E-state index contributed by atoms with van der Waals surface area (Å²) in [6, 6.07) is 14.2. The van der Waals surface area contributed by atoms with Crippen LogP contribution in [0.2, 0.25) is 0 Å². The van der Waals surface area contributed by atoms with E-state index in [1.165, 1.54) is 11.3 Å². The van der Waals surface area contributed by atoms with Crippen molar-refractivity contribution in [2.75, 3.05) is 0 Å². The van der Waals surface area contributed by atoms with Gasteiger partial charge in [0.15, 0.2) is 0 Å². The highest BCUT2D eigenvalue weighted by Gasteiger charge is 2.08. The third kappa shape index (κ3) is 1.35. The number of nitrogens with zero attached hydrogens (tertiary/aromatic N) is 2. The Morgan fingerprint density at radius 2 is 2.19 bits per heavy atom. The van der Waals surface area contributed by atoms with Crippen molar-refractivity contribution < 1.29 is 0 Å². The van der Waals surface area contributed by atoms with Crippen LogP contribution in [0.25, 0.3) is 16.0 Å². The highest BCUT2D eigenvalue weighted by atomic mass is 32.1. The van der Waals surface area contributed by atoms with Gasteiger partial charge in [-0.1, -0.05) is 29.5 Å². The van der Waals surface area contributed by atoms with Crippen molar-refractivity contribution in [3.63, 3.8) is 0 Å². The number of thiazole rings is 1. The summed E-state index contributed by atoms with van der Waals surface area (Å²) >= 11 is 1.21. The van der Waals surface area contributed by atoms with Crippen LogP contribution in [0.3, 0.4) is 0 Å². The average Bonchev–Trinajstić information content (AvgIpc) is 2.66. The number of pyridine rings is 1. The van der Waals surface area contributed by atoms with E-state index in [-0.39, 0.29) is 4.87 Å². The molecule has 0 atom stereocenters. The number of benzene rings is 1. The Bertz CT molecular complexity index is 685. The van der Waals surface area contributed by atoms with Crippen LogP contribution in [-0.2, 0) is 0 Å². The summed E-state index contributed by atoms with van der Waals surface area (Å²) in [5.41, 5.74) is 0.788. The molecule has 0 fully saturated rings. The molecule has 3 nitrogen and oxygen atoms in total.